The topological polar surface area (TPSA) is 75.4 Å². The van der Waals surface area contributed by atoms with Crippen molar-refractivity contribution < 1.29 is 8.42 Å². The number of hydrogen-bond donors (Lipinski definition) is 2. The zero-order valence-corrected chi connectivity index (χ0v) is 12.3. The molecule has 0 saturated carbocycles. The van der Waals surface area contributed by atoms with Gasteiger partial charge in [0.05, 0.1) is 5.75 Å². The van der Waals surface area contributed by atoms with Gasteiger partial charge in [-0.15, -0.1) is 0 Å². The summed E-state index contributed by atoms with van der Waals surface area (Å²) in [7, 11) is -3.31. The summed E-state index contributed by atoms with van der Waals surface area (Å²) in [6.07, 6.45) is 2.21. The average Bonchev–Trinajstić information content (AvgIpc) is 2.38. The second-order valence-corrected chi connectivity index (χ2v) is 7.62. The molecule has 3 aliphatic heterocycles. The number of hydrogen-bond acceptors (Lipinski definition) is 4. The molecule has 3 fully saturated rings. The molecule has 3 saturated heterocycles. The molecule has 6 heteroatoms. The number of nitrogens with zero attached hydrogens (tertiary/aromatic N) is 1. The van der Waals surface area contributed by atoms with Gasteiger partial charge >= 0.3 is 0 Å². The normalized spacial score (nSPS) is 29.5. The molecule has 1 unspecified atom stereocenters. The largest absolute Gasteiger partial charge is 0.399 e. The van der Waals surface area contributed by atoms with Gasteiger partial charge in [-0.25, -0.2) is 13.1 Å². The van der Waals surface area contributed by atoms with E-state index >= 15 is 0 Å². The van der Waals surface area contributed by atoms with Gasteiger partial charge in [0, 0.05) is 18.3 Å². The van der Waals surface area contributed by atoms with Crippen molar-refractivity contribution in [1.82, 2.24) is 9.62 Å². The van der Waals surface area contributed by atoms with Crippen LogP contribution in [0.1, 0.15) is 18.4 Å². The van der Waals surface area contributed by atoms with E-state index in [1.54, 1.807) is 24.3 Å². The van der Waals surface area contributed by atoms with Crippen LogP contribution < -0.4 is 10.5 Å². The standard InChI is InChI=1S/C14H21N3O2S/c15-13-3-1-2-11(8-13)10-20(18,19)16-14-9-17-6-4-12(14)5-7-17/h1-3,8,12,14,16H,4-7,9-10,15H2. The van der Waals surface area contributed by atoms with Crippen LogP contribution in [0.3, 0.4) is 0 Å². The minimum absolute atomic E-state index is 0.00125. The number of rotatable bonds is 4. The summed E-state index contributed by atoms with van der Waals surface area (Å²) in [6, 6.07) is 7.14. The fraction of sp³-hybridized carbons (Fsp3) is 0.571. The fourth-order valence-electron chi connectivity index (χ4n) is 3.27. The molecular formula is C14H21N3O2S. The van der Waals surface area contributed by atoms with Crippen LogP contribution in [-0.4, -0.2) is 39.0 Å². The van der Waals surface area contributed by atoms with Gasteiger partial charge in [0.1, 0.15) is 0 Å². The van der Waals surface area contributed by atoms with E-state index < -0.39 is 10.0 Å². The SMILES string of the molecule is Nc1cccc(CS(=O)(=O)NC2CN3CCC2CC3)c1. The highest BCUT2D eigenvalue weighted by molar-refractivity contribution is 7.88. The van der Waals surface area contributed by atoms with Gasteiger partial charge < -0.3 is 10.6 Å². The van der Waals surface area contributed by atoms with E-state index in [1.165, 1.54) is 0 Å². The number of piperidine rings is 3. The first-order valence-electron chi connectivity index (χ1n) is 7.09. The van der Waals surface area contributed by atoms with Gasteiger partial charge in [0.2, 0.25) is 10.0 Å². The summed E-state index contributed by atoms with van der Waals surface area (Å²) >= 11 is 0. The third kappa shape index (κ3) is 3.13. The van der Waals surface area contributed by atoms with Crippen LogP contribution in [0.2, 0.25) is 0 Å². The Hall–Kier alpha value is -1.11. The average molecular weight is 295 g/mol. The highest BCUT2D eigenvalue weighted by Gasteiger charge is 2.36. The Labute approximate surface area is 120 Å². The molecule has 0 amide bonds. The summed E-state index contributed by atoms with van der Waals surface area (Å²) < 4.78 is 27.5. The summed E-state index contributed by atoms with van der Waals surface area (Å²) in [6.45, 7) is 3.07. The van der Waals surface area contributed by atoms with Crippen LogP contribution in [0.4, 0.5) is 5.69 Å². The number of nitrogens with two attached hydrogens (primary N) is 1. The van der Waals surface area contributed by atoms with Gasteiger partial charge in [0.25, 0.3) is 0 Å². The lowest BCUT2D eigenvalue weighted by atomic mass is 9.85. The number of sulfonamides is 1. The lowest BCUT2D eigenvalue weighted by molar-refractivity contribution is 0.0827. The molecule has 3 N–H and O–H groups in total. The number of nitrogen functional groups attached to an aromatic ring is 1. The summed E-state index contributed by atoms with van der Waals surface area (Å²) in [5.74, 6) is 0.497. The molecule has 1 aromatic rings. The smallest absolute Gasteiger partial charge is 0.216 e. The van der Waals surface area contributed by atoms with E-state index in [-0.39, 0.29) is 11.8 Å². The van der Waals surface area contributed by atoms with Gasteiger partial charge in [-0.05, 0) is 49.5 Å². The van der Waals surface area contributed by atoms with Crippen molar-refractivity contribution in [2.24, 2.45) is 5.92 Å². The molecule has 1 atom stereocenters. The highest BCUT2D eigenvalue weighted by atomic mass is 32.2. The van der Waals surface area contributed by atoms with Crippen LogP contribution in [0.5, 0.6) is 0 Å². The van der Waals surface area contributed by atoms with Crippen molar-refractivity contribution in [1.29, 1.82) is 0 Å². The maximum absolute atomic E-state index is 12.3. The molecule has 2 bridgehead atoms. The van der Waals surface area contributed by atoms with E-state index in [9.17, 15) is 8.42 Å². The summed E-state index contributed by atoms with van der Waals surface area (Å²) in [5.41, 5.74) is 7.02. The second-order valence-electron chi connectivity index (χ2n) is 5.87. The quantitative estimate of drug-likeness (QED) is 0.805. The van der Waals surface area contributed by atoms with Crippen LogP contribution >= 0.6 is 0 Å². The van der Waals surface area contributed by atoms with E-state index in [4.69, 9.17) is 5.73 Å². The van der Waals surface area contributed by atoms with Gasteiger partial charge in [-0.3, -0.25) is 0 Å². The number of nitrogens with one attached hydrogen (secondary N) is 1. The number of benzene rings is 1. The third-order valence-corrected chi connectivity index (χ3v) is 5.67. The first-order chi connectivity index (χ1) is 9.52. The lowest BCUT2D eigenvalue weighted by Gasteiger charge is -2.44. The van der Waals surface area contributed by atoms with Crippen molar-refractivity contribution in [2.75, 3.05) is 25.4 Å². The van der Waals surface area contributed by atoms with Crippen LogP contribution in [-0.2, 0) is 15.8 Å². The van der Waals surface area contributed by atoms with Crippen molar-refractivity contribution in [3.05, 3.63) is 29.8 Å². The monoisotopic (exact) mass is 295 g/mol. The van der Waals surface area contributed by atoms with E-state index in [0.717, 1.165) is 38.0 Å². The molecule has 0 spiro atoms. The maximum atomic E-state index is 12.3. The molecule has 1 aromatic carbocycles. The zero-order chi connectivity index (χ0) is 14.2. The minimum atomic E-state index is -3.31. The van der Waals surface area contributed by atoms with Crippen LogP contribution in [0, 0.1) is 5.92 Å². The Morgan fingerprint density at radius 2 is 2.05 bits per heavy atom. The zero-order valence-electron chi connectivity index (χ0n) is 11.5. The summed E-state index contributed by atoms with van der Waals surface area (Å²) in [4.78, 5) is 2.34. The molecule has 5 nitrogen and oxygen atoms in total. The number of fused-ring (bicyclic) bond motifs is 3. The third-order valence-electron chi connectivity index (χ3n) is 4.29. The second kappa shape index (κ2) is 5.35. The maximum Gasteiger partial charge on any atom is 0.216 e. The minimum Gasteiger partial charge on any atom is -0.399 e. The lowest BCUT2D eigenvalue weighted by Crippen LogP contribution is -2.57. The Morgan fingerprint density at radius 3 is 2.65 bits per heavy atom. The molecule has 20 heavy (non-hydrogen) atoms. The first-order valence-corrected chi connectivity index (χ1v) is 8.74. The molecule has 4 rings (SSSR count). The van der Waals surface area contributed by atoms with E-state index in [1.807, 2.05) is 0 Å². The highest BCUT2D eigenvalue weighted by Crippen LogP contribution is 2.28. The van der Waals surface area contributed by atoms with Crippen LogP contribution in [0.15, 0.2) is 24.3 Å². The van der Waals surface area contributed by atoms with Crippen molar-refractivity contribution >= 4 is 15.7 Å². The number of anilines is 1. The van der Waals surface area contributed by atoms with Crippen molar-refractivity contribution in [3.8, 4) is 0 Å². The molecule has 0 aliphatic carbocycles. The van der Waals surface area contributed by atoms with Crippen molar-refractivity contribution in [3.63, 3.8) is 0 Å². The predicted octanol–water partition coefficient (Wildman–Crippen LogP) is 0.782. The predicted molar refractivity (Wildman–Crippen MR) is 79.6 cm³/mol. The Balaban J connectivity index is 1.67. The molecule has 0 aromatic heterocycles. The first kappa shape index (κ1) is 13.9. The fourth-order valence-corrected chi connectivity index (χ4v) is 4.70. The van der Waals surface area contributed by atoms with Gasteiger partial charge in [-0.2, -0.15) is 0 Å². The summed E-state index contributed by atoms with van der Waals surface area (Å²) in [5, 5.41) is 0. The van der Waals surface area contributed by atoms with Gasteiger partial charge in [0.15, 0.2) is 0 Å². The molecular weight excluding hydrogens is 274 g/mol. The molecule has 110 valence electrons. The Kier molecular flexibility index (Phi) is 3.70. The molecule has 3 heterocycles. The van der Waals surface area contributed by atoms with Crippen LogP contribution in [0.25, 0.3) is 0 Å². The molecule has 3 aliphatic rings. The Bertz CT molecular complexity index is 580. The van der Waals surface area contributed by atoms with E-state index in [2.05, 4.69) is 9.62 Å². The molecule has 0 radical (unpaired) electrons. The Morgan fingerprint density at radius 1 is 1.30 bits per heavy atom. The van der Waals surface area contributed by atoms with Gasteiger partial charge in [-0.1, -0.05) is 12.1 Å². The van der Waals surface area contributed by atoms with E-state index in [0.29, 0.717) is 11.6 Å². The van der Waals surface area contributed by atoms with Crippen molar-refractivity contribution in [2.45, 2.75) is 24.6 Å².